The fourth-order valence-electron chi connectivity index (χ4n) is 3.67. The van der Waals surface area contributed by atoms with E-state index in [2.05, 4.69) is 16.5 Å². The Morgan fingerprint density at radius 2 is 1.74 bits per heavy atom. The van der Waals surface area contributed by atoms with Crippen molar-refractivity contribution in [2.24, 2.45) is 0 Å². The lowest BCUT2D eigenvalue weighted by molar-refractivity contribution is -0.119. The zero-order valence-electron chi connectivity index (χ0n) is 18.9. The first-order chi connectivity index (χ1) is 16.5. The number of hydrogen-bond acceptors (Lipinski definition) is 5. The minimum absolute atomic E-state index is 0.251. The van der Waals surface area contributed by atoms with Gasteiger partial charge in [-0.25, -0.2) is 4.79 Å². The molecule has 0 bridgehead atoms. The second kappa shape index (κ2) is 9.88. The molecule has 0 aliphatic rings. The first kappa shape index (κ1) is 22.6. The van der Waals surface area contributed by atoms with Crippen LogP contribution in [0.4, 0.5) is 5.82 Å². The summed E-state index contributed by atoms with van der Waals surface area (Å²) in [5.74, 6) is -0.850. The predicted molar refractivity (Wildman–Crippen MR) is 127 cm³/mol. The monoisotopic (exact) mass is 453 g/mol. The number of amides is 1. The highest BCUT2D eigenvalue weighted by atomic mass is 16.5. The maximum absolute atomic E-state index is 12.6. The Morgan fingerprint density at radius 3 is 2.41 bits per heavy atom. The summed E-state index contributed by atoms with van der Waals surface area (Å²) < 4.78 is 8.62. The van der Waals surface area contributed by atoms with E-state index in [0.717, 1.165) is 22.5 Å². The van der Waals surface area contributed by atoms with E-state index in [-0.39, 0.29) is 5.56 Å². The van der Waals surface area contributed by atoms with Crippen molar-refractivity contribution in [1.82, 2.24) is 14.3 Å². The fourth-order valence-corrected chi connectivity index (χ4v) is 3.67. The molecule has 2 heterocycles. The van der Waals surface area contributed by atoms with E-state index < -0.39 is 18.5 Å². The summed E-state index contributed by atoms with van der Waals surface area (Å²) in [7, 11) is 0. The number of aromatic nitrogens is 3. The summed E-state index contributed by atoms with van der Waals surface area (Å²) in [6, 6.07) is 21.3. The Balaban J connectivity index is 1.43. The third-order valence-electron chi connectivity index (χ3n) is 5.49. The Hall–Kier alpha value is -4.64. The quantitative estimate of drug-likeness (QED) is 0.426. The minimum Gasteiger partial charge on any atom is -0.452 e. The molecule has 170 valence electrons. The van der Waals surface area contributed by atoms with E-state index >= 15 is 0 Å². The molecule has 4 aromatic rings. The zero-order valence-corrected chi connectivity index (χ0v) is 18.9. The zero-order chi connectivity index (χ0) is 24.1. The molecular formula is C26H23N5O3. The summed E-state index contributed by atoms with van der Waals surface area (Å²) in [5.41, 5.74) is 4.07. The number of ether oxygens (including phenoxy) is 1. The van der Waals surface area contributed by atoms with E-state index in [9.17, 15) is 14.9 Å². The van der Waals surface area contributed by atoms with Gasteiger partial charge in [0.2, 0.25) is 0 Å². The maximum Gasteiger partial charge on any atom is 0.341 e. The molecule has 8 nitrogen and oxygen atoms in total. The summed E-state index contributed by atoms with van der Waals surface area (Å²) >= 11 is 0. The largest absolute Gasteiger partial charge is 0.452 e. The number of nitrogens with one attached hydrogen (secondary N) is 1. The van der Waals surface area contributed by atoms with E-state index in [0.29, 0.717) is 17.9 Å². The Morgan fingerprint density at radius 1 is 1.06 bits per heavy atom. The number of benzene rings is 2. The summed E-state index contributed by atoms with van der Waals surface area (Å²) in [4.78, 5) is 25.1. The Labute approximate surface area is 197 Å². The third-order valence-corrected chi connectivity index (χ3v) is 5.49. The van der Waals surface area contributed by atoms with Gasteiger partial charge in [0.15, 0.2) is 6.61 Å². The standard InChI is InChI=1S/C26H23N5O3/c1-18-19(2)31(22-11-7-4-8-12-22)25(23(18)13-27)29-24(32)17-34-26(33)21-14-28-30(16-21)15-20-9-5-3-6-10-20/h3-12,14,16H,15,17H2,1-2H3,(H,29,32). The molecule has 4 rings (SSSR count). The SMILES string of the molecule is Cc1c(C#N)c(NC(=O)COC(=O)c2cnn(Cc3ccccc3)c2)n(-c2ccccc2)c1C. The van der Waals surface area contributed by atoms with Crippen molar-refractivity contribution in [1.29, 1.82) is 5.26 Å². The van der Waals surface area contributed by atoms with Gasteiger partial charge >= 0.3 is 5.97 Å². The molecule has 2 aromatic heterocycles. The van der Waals surface area contributed by atoms with Crippen molar-refractivity contribution in [3.05, 3.63) is 101 Å². The molecule has 1 amide bonds. The molecule has 8 heteroatoms. The second-order valence-electron chi connectivity index (χ2n) is 7.75. The molecule has 0 radical (unpaired) electrons. The number of carbonyl (C=O) groups is 2. The lowest BCUT2D eigenvalue weighted by Gasteiger charge is -2.13. The van der Waals surface area contributed by atoms with Crippen molar-refractivity contribution in [3.8, 4) is 11.8 Å². The third kappa shape index (κ3) is 4.74. The van der Waals surface area contributed by atoms with Crippen LogP contribution in [0.15, 0.2) is 73.1 Å². The van der Waals surface area contributed by atoms with Gasteiger partial charge < -0.3 is 10.1 Å². The molecule has 1 N–H and O–H groups in total. The van der Waals surface area contributed by atoms with Gasteiger partial charge in [0.25, 0.3) is 5.91 Å². The number of para-hydroxylation sites is 1. The van der Waals surface area contributed by atoms with Crippen LogP contribution >= 0.6 is 0 Å². The highest BCUT2D eigenvalue weighted by molar-refractivity contribution is 5.96. The molecule has 0 saturated carbocycles. The van der Waals surface area contributed by atoms with Crippen LogP contribution in [0.5, 0.6) is 0 Å². The molecule has 0 aliphatic heterocycles. The van der Waals surface area contributed by atoms with Crippen molar-refractivity contribution >= 4 is 17.7 Å². The number of carbonyl (C=O) groups excluding carboxylic acids is 2. The number of rotatable bonds is 7. The molecule has 0 atom stereocenters. The van der Waals surface area contributed by atoms with Crippen LogP contribution in [0.1, 0.15) is 32.7 Å². The summed E-state index contributed by atoms with van der Waals surface area (Å²) in [6.07, 6.45) is 2.98. The molecule has 0 fully saturated rings. The van der Waals surface area contributed by atoms with Gasteiger partial charge in [-0.1, -0.05) is 48.5 Å². The van der Waals surface area contributed by atoms with E-state index in [1.54, 1.807) is 15.4 Å². The minimum atomic E-state index is -0.652. The lowest BCUT2D eigenvalue weighted by Crippen LogP contribution is -2.22. The Kier molecular flexibility index (Phi) is 6.55. The average Bonchev–Trinajstić information content (AvgIpc) is 3.41. The normalized spacial score (nSPS) is 10.5. The molecule has 0 spiro atoms. The summed E-state index contributed by atoms with van der Waals surface area (Å²) in [6.45, 7) is 3.73. The number of nitriles is 1. The number of anilines is 1. The molecule has 2 aromatic carbocycles. The fraction of sp³-hybridized carbons (Fsp3) is 0.154. The average molecular weight is 454 g/mol. The van der Waals surface area contributed by atoms with Crippen LogP contribution in [-0.4, -0.2) is 32.8 Å². The van der Waals surface area contributed by atoms with Crippen molar-refractivity contribution in [2.45, 2.75) is 20.4 Å². The topological polar surface area (TPSA) is 102 Å². The molecule has 34 heavy (non-hydrogen) atoms. The molecule has 0 aliphatic carbocycles. The summed E-state index contributed by atoms with van der Waals surface area (Å²) in [5, 5.41) is 16.6. The molecule has 0 saturated heterocycles. The van der Waals surface area contributed by atoms with Crippen LogP contribution < -0.4 is 5.32 Å². The molecular weight excluding hydrogens is 430 g/mol. The lowest BCUT2D eigenvalue weighted by atomic mass is 10.2. The van der Waals surface area contributed by atoms with Gasteiger partial charge in [-0.3, -0.25) is 14.0 Å². The number of esters is 1. The Bertz CT molecular complexity index is 1360. The van der Waals surface area contributed by atoms with Crippen molar-refractivity contribution < 1.29 is 14.3 Å². The first-order valence-corrected chi connectivity index (χ1v) is 10.7. The number of hydrogen-bond donors (Lipinski definition) is 1. The van der Waals surface area contributed by atoms with Crippen LogP contribution in [0, 0.1) is 25.2 Å². The van der Waals surface area contributed by atoms with Gasteiger partial charge in [0.05, 0.1) is 23.9 Å². The van der Waals surface area contributed by atoms with E-state index in [1.807, 2.05) is 74.5 Å². The van der Waals surface area contributed by atoms with E-state index in [1.165, 1.54) is 6.20 Å². The van der Waals surface area contributed by atoms with Crippen LogP contribution in [0.25, 0.3) is 5.69 Å². The van der Waals surface area contributed by atoms with Crippen molar-refractivity contribution in [2.75, 3.05) is 11.9 Å². The highest BCUT2D eigenvalue weighted by Gasteiger charge is 2.21. The highest BCUT2D eigenvalue weighted by Crippen LogP contribution is 2.29. The van der Waals surface area contributed by atoms with Gasteiger partial charge in [-0.2, -0.15) is 10.4 Å². The molecule has 0 unspecified atom stereocenters. The maximum atomic E-state index is 12.6. The van der Waals surface area contributed by atoms with Gasteiger partial charge in [0.1, 0.15) is 11.9 Å². The van der Waals surface area contributed by atoms with Crippen LogP contribution in [0.2, 0.25) is 0 Å². The van der Waals surface area contributed by atoms with Crippen LogP contribution in [0.3, 0.4) is 0 Å². The first-order valence-electron chi connectivity index (χ1n) is 10.7. The smallest absolute Gasteiger partial charge is 0.341 e. The van der Waals surface area contributed by atoms with Crippen molar-refractivity contribution in [3.63, 3.8) is 0 Å². The van der Waals surface area contributed by atoms with Gasteiger partial charge in [-0.05, 0) is 37.1 Å². The van der Waals surface area contributed by atoms with Crippen LogP contribution in [-0.2, 0) is 16.1 Å². The predicted octanol–water partition coefficient (Wildman–Crippen LogP) is 4.01. The van der Waals surface area contributed by atoms with Gasteiger partial charge in [-0.15, -0.1) is 0 Å². The second-order valence-corrected chi connectivity index (χ2v) is 7.75. The number of nitrogens with zero attached hydrogens (tertiary/aromatic N) is 4. The van der Waals surface area contributed by atoms with E-state index in [4.69, 9.17) is 4.74 Å². The van der Waals surface area contributed by atoms with Gasteiger partial charge in [0, 0.05) is 17.6 Å².